The van der Waals surface area contributed by atoms with Crippen LogP contribution in [0.4, 0.5) is 5.95 Å². The van der Waals surface area contributed by atoms with Crippen molar-refractivity contribution >= 4 is 23.5 Å². The Balaban J connectivity index is 1.89. The molecule has 0 aliphatic carbocycles. The Morgan fingerprint density at radius 2 is 2.15 bits per heavy atom. The number of amides is 1. The van der Waals surface area contributed by atoms with E-state index in [4.69, 9.17) is 17.3 Å². The number of hydrogen-bond acceptors (Lipinski definition) is 6. The van der Waals surface area contributed by atoms with Gasteiger partial charge < -0.3 is 10.6 Å². The summed E-state index contributed by atoms with van der Waals surface area (Å²) in [6.07, 6.45) is 5.60. The summed E-state index contributed by atoms with van der Waals surface area (Å²) in [6, 6.07) is 0. The van der Waals surface area contributed by atoms with Gasteiger partial charge in [0.1, 0.15) is 6.33 Å². The molecule has 0 bridgehead atoms. The first-order chi connectivity index (χ1) is 9.63. The molecule has 1 atom stereocenters. The van der Waals surface area contributed by atoms with E-state index in [1.807, 2.05) is 4.90 Å². The van der Waals surface area contributed by atoms with E-state index in [9.17, 15) is 4.79 Å². The van der Waals surface area contributed by atoms with Crippen molar-refractivity contribution in [2.45, 2.75) is 6.42 Å². The van der Waals surface area contributed by atoms with Crippen molar-refractivity contribution in [1.29, 1.82) is 0 Å². The van der Waals surface area contributed by atoms with Gasteiger partial charge >= 0.3 is 0 Å². The van der Waals surface area contributed by atoms with Crippen molar-refractivity contribution in [3.8, 4) is 5.95 Å². The highest BCUT2D eigenvalue weighted by atomic mass is 35.5. The van der Waals surface area contributed by atoms with Crippen LogP contribution in [-0.4, -0.2) is 43.5 Å². The van der Waals surface area contributed by atoms with Crippen LogP contribution in [0.3, 0.4) is 0 Å². The topological polar surface area (TPSA) is 103 Å². The number of rotatable bonds is 3. The van der Waals surface area contributed by atoms with Crippen molar-refractivity contribution in [3.05, 3.63) is 24.0 Å². The lowest BCUT2D eigenvalue weighted by Gasteiger charge is -2.16. The minimum absolute atomic E-state index is 0.0984. The van der Waals surface area contributed by atoms with Crippen molar-refractivity contribution < 1.29 is 4.79 Å². The van der Waals surface area contributed by atoms with E-state index in [0.717, 1.165) is 0 Å². The molecular formula is C11H12ClN7O. The lowest BCUT2D eigenvalue weighted by Crippen LogP contribution is -2.28. The lowest BCUT2D eigenvalue weighted by molar-refractivity contribution is -0.121. The molecule has 0 aromatic carbocycles. The third-order valence-corrected chi connectivity index (χ3v) is 3.36. The van der Waals surface area contributed by atoms with Crippen molar-refractivity contribution in [2.24, 2.45) is 11.7 Å². The van der Waals surface area contributed by atoms with Crippen LogP contribution in [0, 0.1) is 5.92 Å². The van der Waals surface area contributed by atoms with Gasteiger partial charge in [-0.2, -0.15) is 15.0 Å². The van der Waals surface area contributed by atoms with E-state index in [2.05, 4.69) is 19.9 Å². The van der Waals surface area contributed by atoms with Crippen LogP contribution in [0.2, 0.25) is 5.28 Å². The molecule has 9 heteroatoms. The molecule has 20 heavy (non-hydrogen) atoms. The van der Waals surface area contributed by atoms with E-state index >= 15 is 0 Å². The SMILES string of the molecule is NC(=O)C1CCN(c2nc(Cl)nc(-n3ccnc3)n2)C1. The summed E-state index contributed by atoms with van der Waals surface area (Å²) in [5.74, 6) is 0.349. The predicted molar refractivity (Wildman–Crippen MR) is 71.5 cm³/mol. The summed E-state index contributed by atoms with van der Waals surface area (Å²) < 4.78 is 1.64. The van der Waals surface area contributed by atoms with E-state index in [0.29, 0.717) is 31.4 Å². The van der Waals surface area contributed by atoms with Crippen LogP contribution >= 0.6 is 11.6 Å². The van der Waals surface area contributed by atoms with E-state index in [-0.39, 0.29) is 17.1 Å². The number of carbonyl (C=O) groups excluding carboxylic acids is 1. The normalized spacial score (nSPS) is 18.4. The smallest absolute Gasteiger partial charge is 0.241 e. The number of halogens is 1. The first-order valence-electron chi connectivity index (χ1n) is 6.07. The summed E-state index contributed by atoms with van der Waals surface area (Å²) in [6.45, 7) is 1.16. The molecule has 0 spiro atoms. The van der Waals surface area contributed by atoms with Gasteiger partial charge in [-0.15, -0.1) is 0 Å². The molecule has 1 fully saturated rings. The maximum absolute atomic E-state index is 11.2. The standard InChI is InChI=1S/C11H12ClN7O/c12-9-15-10(18-3-1-7(5-18)8(13)20)17-11(16-9)19-4-2-14-6-19/h2,4,6-7H,1,3,5H2,(H2,13,20). The average molecular weight is 294 g/mol. The molecule has 104 valence electrons. The van der Waals surface area contributed by atoms with Gasteiger partial charge in [0, 0.05) is 25.5 Å². The minimum Gasteiger partial charge on any atom is -0.369 e. The highest BCUT2D eigenvalue weighted by Crippen LogP contribution is 2.22. The summed E-state index contributed by atoms with van der Waals surface area (Å²) in [7, 11) is 0. The van der Waals surface area contributed by atoms with Gasteiger partial charge in [0.05, 0.1) is 5.92 Å². The molecule has 8 nitrogen and oxygen atoms in total. The maximum Gasteiger partial charge on any atom is 0.241 e. The van der Waals surface area contributed by atoms with Crippen LogP contribution in [0.1, 0.15) is 6.42 Å². The van der Waals surface area contributed by atoms with Crippen molar-refractivity contribution in [2.75, 3.05) is 18.0 Å². The third-order valence-electron chi connectivity index (χ3n) is 3.19. The summed E-state index contributed by atoms with van der Waals surface area (Å²) >= 11 is 5.93. The first-order valence-corrected chi connectivity index (χ1v) is 6.45. The van der Waals surface area contributed by atoms with Gasteiger partial charge in [-0.3, -0.25) is 9.36 Å². The van der Waals surface area contributed by atoms with Crippen molar-refractivity contribution in [1.82, 2.24) is 24.5 Å². The monoisotopic (exact) mass is 293 g/mol. The molecule has 2 N–H and O–H groups in total. The third kappa shape index (κ3) is 2.42. The Morgan fingerprint density at radius 1 is 1.35 bits per heavy atom. The zero-order chi connectivity index (χ0) is 14.1. The van der Waals surface area contributed by atoms with Gasteiger partial charge in [-0.05, 0) is 18.0 Å². The number of nitrogens with two attached hydrogens (primary N) is 1. The number of carbonyl (C=O) groups is 1. The number of primary amides is 1. The summed E-state index contributed by atoms with van der Waals surface area (Å²) in [4.78, 5) is 29.5. The summed E-state index contributed by atoms with van der Waals surface area (Å²) in [5, 5.41) is 0.0984. The van der Waals surface area contributed by atoms with Gasteiger partial charge in [-0.1, -0.05) is 0 Å². The Hall–Kier alpha value is -2.22. The molecular weight excluding hydrogens is 282 g/mol. The van der Waals surface area contributed by atoms with Crippen LogP contribution in [-0.2, 0) is 4.79 Å². The zero-order valence-electron chi connectivity index (χ0n) is 10.5. The fraction of sp³-hybridized carbons (Fsp3) is 0.364. The second-order valence-corrected chi connectivity index (χ2v) is 4.85. The Morgan fingerprint density at radius 3 is 2.80 bits per heavy atom. The molecule has 0 radical (unpaired) electrons. The molecule has 3 heterocycles. The zero-order valence-corrected chi connectivity index (χ0v) is 11.2. The molecule has 3 rings (SSSR count). The molecule has 1 aliphatic heterocycles. The second kappa shape index (κ2) is 5.04. The molecule has 2 aromatic heterocycles. The highest BCUT2D eigenvalue weighted by Gasteiger charge is 2.28. The second-order valence-electron chi connectivity index (χ2n) is 4.51. The number of anilines is 1. The van der Waals surface area contributed by atoms with Crippen LogP contribution in [0.25, 0.3) is 5.95 Å². The van der Waals surface area contributed by atoms with Crippen LogP contribution < -0.4 is 10.6 Å². The number of aromatic nitrogens is 5. The minimum atomic E-state index is -0.303. The Labute approximate surface area is 119 Å². The van der Waals surface area contributed by atoms with Crippen LogP contribution in [0.15, 0.2) is 18.7 Å². The molecule has 1 saturated heterocycles. The van der Waals surface area contributed by atoms with E-state index in [1.165, 1.54) is 0 Å². The Bertz CT molecular complexity index is 630. The van der Waals surface area contributed by atoms with Gasteiger partial charge in [0.25, 0.3) is 0 Å². The number of hydrogen-bond donors (Lipinski definition) is 1. The fourth-order valence-electron chi connectivity index (χ4n) is 2.14. The quantitative estimate of drug-likeness (QED) is 0.856. The van der Waals surface area contributed by atoms with Crippen LogP contribution in [0.5, 0.6) is 0 Å². The molecule has 2 aromatic rings. The molecule has 0 saturated carbocycles. The first kappa shape index (κ1) is 12.8. The molecule has 1 amide bonds. The largest absolute Gasteiger partial charge is 0.369 e. The van der Waals surface area contributed by atoms with Crippen molar-refractivity contribution in [3.63, 3.8) is 0 Å². The van der Waals surface area contributed by atoms with E-state index < -0.39 is 0 Å². The molecule has 1 aliphatic rings. The highest BCUT2D eigenvalue weighted by molar-refractivity contribution is 6.28. The Kier molecular flexibility index (Phi) is 3.23. The predicted octanol–water partition coefficient (Wildman–Crippen LogP) is 0.0223. The van der Waals surface area contributed by atoms with Gasteiger partial charge in [0.2, 0.25) is 23.1 Å². The van der Waals surface area contributed by atoms with Gasteiger partial charge in [0.15, 0.2) is 0 Å². The maximum atomic E-state index is 11.2. The lowest BCUT2D eigenvalue weighted by atomic mass is 10.1. The number of imidazole rings is 1. The summed E-state index contributed by atoms with van der Waals surface area (Å²) in [5.41, 5.74) is 5.32. The van der Waals surface area contributed by atoms with Gasteiger partial charge in [-0.25, -0.2) is 4.98 Å². The average Bonchev–Trinajstić information content (AvgIpc) is 3.10. The number of nitrogens with zero attached hydrogens (tertiary/aromatic N) is 6. The van der Waals surface area contributed by atoms with E-state index in [1.54, 1.807) is 23.3 Å². The fourth-order valence-corrected chi connectivity index (χ4v) is 2.29. The molecule has 1 unspecified atom stereocenters.